The number of rotatable bonds is 2. The van der Waals surface area contributed by atoms with Crippen LogP contribution < -0.4 is 16.1 Å². The van der Waals surface area contributed by atoms with Crippen LogP contribution >= 0.6 is 0 Å². The number of nitrogens with two attached hydrogens (primary N) is 2. The zero-order valence-corrected chi connectivity index (χ0v) is 9.95. The largest absolute Gasteiger partial charge is 0.378 e. The van der Waals surface area contributed by atoms with E-state index in [4.69, 9.17) is 11.6 Å². The van der Waals surface area contributed by atoms with Gasteiger partial charge in [0.05, 0.1) is 6.54 Å². The lowest BCUT2D eigenvalue weighted by molar-refractivity contribution is -0.648. The zero-order valence-electron chi connectivity index (χ0n) is 9.95. The number of benzene rings is 2. The standard InChI is InChI=1S/C14H14N4/c15-14-17(10-11-6-2-1-3-7-11)12-8-4-5-9-13(12)18(14)16/h1-9,15H,10,16H2/p+1. The van der Waals surface area contributed by atoms with Gasteiger partial charge in [-0.3, -0.25) is 11.6 Å². The van der Waals surface area contributed by atoms with E-state index in [-0.39, 0.29) is 0 Å². The Labute approximate surface area is 105 Å². The summed E-state index contributed by atoms with van der Waals surface area (Å²) in [5.74, 6) is 6.52. The van der Waals surface area contributed by atoms with E-state index in [1.807, 2.05) is 47.0 Å². The van der Waals surface area contributed by atoms with E-state index in [1.54, 1.807) is 0 Å². The van der Waals surface area contributed by atoms with Crippen molar-refractivity contribution in [2.75, 3.05) is 11.6 Å². The maximum Gasteiger partial charge on any atom is 0.378 e. The highest BCUT2D eigenvalue weighted by Crippen LogP contribution is 2.13. The average molecular weight is 239 g/mol. The van der Waals surface area contributed by atoms with E-state index >= 15 is 0 Å². The highest BCUT2D eigenvalue weighted by Gasteiger charge is 2.18. The second-order valence-electron chi connectivity index (χ2n) is 4.29. The van der Waals surface area contributed by atoms with E-state index in [0.29, 0.717) is 5.95 Å². The Hall–Kier alpha value is -2.49. The van der Waals surface area contributed by atoms with E-state index in [1.165, 1.54) is 10.2 Å². The van der Waals surface area contributed by atoms with Gasteiger partial charge in [-0.1, -0.05) is 42.5 Å². The van der Waals surface area contributed by atoms with Crippen LogP contribution in [0.25, 0.3) is 11.0 Å². The van der Waals surface area contributed by atoms with Gasteiger partial charge in [-0.15, -0.1) is 4.68 Å². The van der Waals surface area contributed by atoms with Crippen LogP contribution in [0.1, 0.15) is 5.56 Å². The number of aromatic nitrogens is 2. The summed E-state index contributed by atoms with van der Waals surface area (Å²) in [4.78, 5) is 0. The predicted molar refractivity (Wildman–Crippen MR) is 72.2 cm³/mol. The fourth-order valence-corrected chi connectivity index (χ4v) is 2.21. The lowest BCUT2D eigenvalue weighted by Gasteiger charge is -2.00. The van der Waals surface area contributed by atoms with Crippen LogP contribution in [0.15, 0.2) is 54.6 Å². The normalized spacial score (nSPS) is 10.9. The van der Waals surface area contributed by atoms with Crippen LogP contribution in [-0.4, -0.2) is 4.68 Å². The Balaban J connectivity index is 2.15. The first-order valence-electron chi connectivity index (χ1n) is 5.85. The maximum atomic E-state index is 6.06. The van der Waals surface area contributed by atoms with E-state index in [9.17, 15) is 0 Å². The third-order valence-electron chi connectivity index (χ3n) is 3.14. The summed E-state index contributed by atoms with van der Waals surface area (Å²) in [6, 6.07) is 18.1. The number of nitrogens with zero attached hydrogens (tertiary/aromatic N) is 2. The first-order chi connectivity index (χ1) is 8.77. The van der Waals surface area contributed by atoms with Gasteiger partial charge in [-0.2, -0.15) is 0 Å². The van der Waals surface area contributed by atoms with Crippen molar-refractivity contribution in [1.82, 2.24) is 4.68 Å². The molecular formula is C14H15N4+. The zero-order chi connectivity index (χ0) is 12.5. The monoisotopic (exact) mass is 239 g/mol. The number of imidazole rings is 1. The van der Waals surface area contributed by atoms with Crippen LogP contribution in [0.3, 0.4) is 0 Å². The highest BCUT2D eigenvalue weighted by molar-refractivity contribution is 5.73. The lowest BCUT2D eigenvalue weighted by atomic mass is 10.2. The average Bonchev–Trinajstić information content (AvgIpc) is 2.66. The van der Waals surface area contributed by atoms with Gasteiger partial charge in [-0.05, 0) is 17.7 Å². The van der Waals surface area contributed by atoms with Crippen molar-refractivity contribution in [1.29, 1.82) is 0 Å². The van der Waals surface area contributed by atoms with Crippen LogP contribution in [0.4, 0.5) is 5.95 Å². The van der Waals surface area contributed by atoms with Gasteiger partial charge in [0.25, 0.3) is 0 Å². The first-order valence-corrected chi connectivity index (χ1v) is 5.85. The summed E-state index contributed by atoms with van der Waals surface area (Å²) >= 11 is 0. The van der Waals surface area contributed by atoms with Crippen molar-refractivity contribution >= 4 is 17.0 Å². The lowest BCUT2D eigenvalue weighted by Crippen LogP contribution is -2.37. The fourth-order valence-electron chi connectivity index (χ4n) is 2.21. The van der Waals surface area contributed by atoms with Gasteiger partial charge < -0.3 is 0 Å². The molecule has 0 unspecified atom stereocenters. The molecule has 0 aliphatic heterocycles. The highest BCUT2D eigenvalue weighted by atomic mass is 15.4. The van der Waals surface area contributed by atoms with Gasteiger partial charge >= 0.3 is 5.95 Å². The van der Waals surface area contributed by atoms with Crippen molar-refractivity contribution in [3.05, 3.63) is 60.2 Å². The minimum absolute atomic E-state index is 0.556. The topological polar surface area (TPSA) is 60.9 Å². The quantitative estimate of drug-likeness (QED) is 0.522. The van der Waals surface area contributed by atoms with Crippen LogP contribution in [0.5, 0.6) is 0 Å². The molecule has 3 rings (SSSR count). The van der Waals surface area contributed by atoms with Crippen LogP contribution in [0, 0.1) is 0 Å². The minimum Gasteiger partial charge on any atom is -0.289 e. The molecule has 4 nitrogen and oxygen atoms in total. The smallest absolute Gasteiger partial charge is 0.289 e. The molecule has 0 saturated carbocycles. The molecule has 1 aromatic heterocycles. The number of hydrogen-bond donors (Lipinski definition) is 2. The summed E-state index contributed by atoms with van der Waals surface area (Å²) in [7, 11) is 0. The number of nitrogen functional groups attached to an aromatic ring is 2. The van der Waals surface area contributed by atoms with Gasteiger partial charge in [0, 0.05) is 0 Å². The van der Waals surface area contributed by atoms with Crippen molar-refractivity contribution in [3.8, 4) is 0 Å². The van der Waals surface area contributed by atoms with Gasteiger partial charge in [0.2, 0.25) is 0 Å². The van der Waals surface area contributed by atoms with Crippen molar-refractivity contribution < 1.29 is 4.57 Å². The molecule has 0 atom stereocenters. The van der Waals surface area contributed by atoms with Gasteiger partial charge in [0.15, 0.2) is 5.52 Å². The molecule has 0 spiro atoms. The third-order valence-corrected chi connectivity index (χ3v) is 3.14. The van der Waals surface area contributed by atoms with Crippen molar-refractivity contribution in [3.63, 3.8) is 0 Å². The molecule has 3 aromatic rings. The van der Waals surface area contributed by atoms with E-state index in [0.717, 1.165) is 17.6 Å². The van der Waals surface area contributed by atoms with E-state index < -0.39 is 0 Å². The predicted octanol–water partition coefficient (Wildman–Crippen LogP) is 1.27. The molecule has 0 bridgehead atoms. The van der Waals surface area contributed by atoms with E-state index in [2.05, 4.69) is 12.1 Å². The number of anilines is 1. The summed E-state index contributed by atoms with van der Waals surface area (Å²) in [5.41, 5.74) is 9.24. The first kappa shape index (κ1) is 10.7. The molecule has 4 N–H and O–H groups in total. The second kappa shape index (κ2) is 4.07. The third kappa shape index (κ3) is 1.59. The Morgan fingerprint density at radius 1 is 0.944 bits per heavy atom. The number of fused-ring (bicyclic) bond motifs is 1. The van der Waals surface area contributed by atoms with Crippen molar-refractivity contribution in [2.24, 2.45) is 0 Å². The fraction of sp³-hybridized carbons (Fsp3) is 0.0714. The number of hydrogen-bond acceptors (Lipinski definition) is 2. The SMILES string of the molecule is Nc1n(N)c2ccccc2[n+]1Cc1ccccc1. The van der Waals surface area contributed by atoms with Gasteiger partial charge in [0.1, 0.15) is 5.52 Å². The molecule has 1 heterocycles. The molecule has 0 aliphatic rings. The summed E-state index contributed by atoms with van der Waals surface area (Å²) in [6.07, 6.45) is 0. The van der Waals surface area contributed by atoms with Crippen molar-refractivity contribution in [2.45, 2.75) is 6.54 Å². The Morgan fingerprint density at radius 3 is 2.39 bits per heavy atom. The van der Waals surface area contributed by atoms with Crippen LogP contribution in [-0.2, 0) is 6.54 Å². The number of para-hydroxylation sites is 2. The molecule has 0 fully saturated rings. The molecule has 0 aliphatic carbocycles. The second-order valence-corrected chi connectivity index (χ2v) is 4.29. The molecular weight excluding hydrogens is 224 g/mol. The molecule has 0 radical (unpaired) electrons. The molecule has 4 heteroatoms. The molecule has 0 saturated heterocycles. The minimum atomic E-state index is 0.556. The molecule has 2 aromatic carbocycles. The van der Waals surface area contributed by atoms with Crippen LogP contribution in [0.2, 0.25) is 0 Å². The summed E-state index contributed by atoms with van der Waals surface area (Å²) < 4.78 is 3.54. The maximum absolute atomic E-state index is 6.06. The Kier molecular flexibility index (Phi) is 2.41. The molecule has 0 amide bonds. The Morgan fingerprint density at radius 2 is 1.61 bits per heavy atom. The summed E-state index contributed by atoms with van der Waals surface area (Å²) in [5, 5.41) is 0. The van der Waals surface area contributed by atoms with Gasteiger partial charge in [-0.25, -0.2) is 4.57 Å². The summed E-state index contributed by atoms with van der Waals surface area (Å²) in [6.45, 7) is 0.720. The molecule has 18 heavy (non-hydrogen) atoms. The molecule has 90 valence electrons. The Bertz CT molecular complexity index is 686.